The van der Waals surface area contributed by atoms with E-state index in [-0.39, 0.29) is 5.56 Å². The quantitative estimate of drug-likeness (QED) is 0.876. The molecule has 6 heteroatoms. The average molecular weight is 287 g/mol. The first kappa shape index (κ1) is 13.8. The summed E-state index contributed by atoms with van der Waals surface area (Å²) in [5.41, 5.74) is 0.867. The summed E-state index contributed by atoms with van der Waals surface area (Å²) in [5, 5.41) is 13.2. The Morgan fingerprint density at radius 3 is 3.10 bits per heavy atom. The van der Waals surface area contributed by atoms with Gasteiger partial charge in [0, 0.05) is 25.1 Å². The van der Waals surface area contributed by atoms with Gasteiger partial charge in [-0.1, -0.05) is 0 Å². The van der Waals surface area contributed by atoms with Crippen LogP contribution in [0.2, 0.25) is 0 Å². The molecule has 2 heterocycles. The number of anilines is 1. The van der Waals surface area contributed by atoms with Crippen LogP contribution in [0.4, 0.5) is 5.82 Å². The minimum atomic E-state index is -0.953. The molecule has 1 aliphatic rings. The maximum absolute atomic E-state index is 11.0. The second-order valence-electron chi connectivity index (χ2n) is 5.20. The van der Waals surface area contributed by atoms with Gasteiger partial charge in [-0.25, -0.2) is 14.8 Å². The molecule has 1 aliphatic heterocycles. The summed E-state index contributed by atoms with van der Waals surface area (Å²) < 4.78 is 5.36. The Balaban J connectivity index is 1.73. The van der Waals surface area contributed by atoms with Gasteiger partial charge in [-0.2, -0.15) is 0 Å². The fraction of sp³-hybridized carbons (Fsp3) is 0.400. The fourth-order valence-electron chi connectivity index (χ4n) is 2.54. The molecule has 1 saturated heterocycles. The van der Waals surface area contributed by atoms with Crippen LogP contribution >= 0.6 is 0 Å². The van der Waals surface area contributed by atoms with E-state index in [1.54, 1.807) is 18.2 Å². The van der Waals surface area contributed by atoms with Gasteiger partial charge in [-0.05, 0) is 37.0 Å². The molecule has 0 amide bonds. The van der Waals surface area contributed by atoms with Crippen molar-refractivity contribution in [3.05, 3.63) is 30.1 Å². The second kappa shape index (κ2) is 6.05. The van der Waals surface area contributed by atoms with Gasteiger partial charge >= 0.3 is 5.97 Å². The van der Waals surface area contributed by atoms with Crippen LogP contribution in [0, 0.1) is 5.92 Å². The van der Waals surface area contributed by atoms with E-state index < -0.39 is 5.97 Å². The van der Waals surface area contributed by atoms with Crippen molar-refractivity contribution < 1.29 is 14.6 Å². The number of fused-ring (bicyclic) bond motifs is 1. The molecule has 21 heavy (non-hydrogen) atoms. The summed E-state index contributed by atoms with van der Waals surface area (Å²) in [7, 11) is 0. The van der Waals surface area contributed by atoms with Gasteiger partial charge in [0.15, 0.2) is 0 Å². The number of benzene rings is 1. The number of ether oxygens (including phenoxy) is 1. The smallest absolute Gasteiger partial charge is 0.335 e. The molecule has 0 aliphatic carbocycles. The van der Waals surface area contributed by atoms with E-state index in [1.165, 1.54) is 6.33 Å². The van der Waals surface area contributed by atoms with E-state index >= 15 is 0 Å². The molecule has 110 valence electrons. The number of hydrogen-bond acceptors (Lipinski definition) is 5. The van der Waals surface area contributed by atoms with E-state index in [2.05, 4.69) is 15.3 Å². The summed E-state index contributed by atoms with van der Waals surface area (Å²) in [6, 6.07) is 4.89. The van der Waals surface area contributed by atoms with Gasteiger partial charge in [-0.3, -0.25) is 0 Å². The van der Waals surface area contributed by atoms with Crippen LogP contribution in [0.15, 0.2) is 24.5 Å². The minimum Gasteiger partial charge on any atom is -0.478 e. The summed E-state index contributed by atoms with van der Waals surface area (Å²) in [4.78, 5) is 19.4. The molecule has 6 nitrogen and oxygen atoms in total. The summed E-state index contributed by atoms with van der Waals surface area (Å²) >= 11 is 0. The van der Waals surface area contributed by atoms with Crippen LogP contribution in [-0.4, -0.2) is 40.8 Å². The highest BCUT2D eigenvalue weighted by molar-refractivity contribution is 5.96. The van der Waals surface area contributed by atoms with Crippen LogP contribution in [0.25, 0.3) is 10.9 Å². The molecule has 0 radical (unpaired) electrons. The molecule has 2 aromatic rings. The number of nitrogens with zero attached hydrogens (tertiary/aromatic N) is 2. The Kier molecular flexibility index (Phi) is 3.96. The van der Waals surface area contributed by atoms with Crippen molar-refractivity contribution in [2.24, 2.45) is 5.92 Å². The molecule has 1 unspecified atom stereocenters. The first-order valence-corrected chi connectivity index (χ1v) is 7.04. The predicted octanol–water partition coefficient (Wildman–Crippen LogP) is 2.17. The van der Waals surface area contributed by atoms with Crippen LogP contribution in [0.3, 0.4) is 0 Å². The number of carboxylic acids is 1. The molecule has 0 bridgehead atoms. The molecule has 0 saturated carbocycles. The Bertz CT molecular complexity index is 654. The molecule has 3 rings (SSSR count). The largest absolute Gasteiger partial charge is 0.478 e. The van der Waals surface area contributed by atoms with Gasteiger partial charge in [0.1, 0.15) is 12.1 Å². The van der Waals surface area contributed by atoms with E-state index in [1.807, 2.05) is 0 Å². The lowest BCUT2D eigenvalue weighted by Crippen LogP contribution is -2.10. The zero-order chi connectivity index (χ0) is 14.7. The Morgan fingerprint density at radius 2 is 2.33 bits per heavy atom. The van der Waals surface area contributed by atoms with Crippen molar-refractivity contribution in [3.8, 4) is 0 Å². The van der Waals surface area contributed by atoms with E-state index in [0.717, 1.165) is 43.8 Å². The molecule has 1 aromatic carbocycles. The lowest BCUT2D eigenvalue weighted by molar-refractivity contribution is 0.0697. The highest BCUT2D eigenvalue weighted by atomic mass is 16.5. The predicted molar refractivity (Wildman–Crippen MR) is 78.5 cm³/mol. The Morgan fingerprint density at radius 1 is 1.43 bits per heavy atom. The van der Waals surface area contributed by atoms with Gasteiger partial charge in [0.05, 0.1) is 11.1 Å². The van der Waals surface area contributed by atoms with Crippen LogP contribution in [-0.2, 0) is 4.74 Å². The van der Waals surface area contributed by atoms with Crippen LogP contribution in [0.5, 0.6) is 0 Å². The van der Waals surface area contributed by atoms with Crippen LogP contribution < -0.4 is 5.32 Å². The molecule has 0 spiro atoms. The lowest BCUT2D eigenvalue weighted by atomic mass is 10.1. The number of rotatable bonds is 5. The summed E-state index contributed by atoms with van der Waals surface area (Å²) in [5.74, 6) is 0.409. The third kappa shape index (κ3) is 3.11. The Hall–Kier alpha value is -2.21. The maximum Gasteiger partial charge on any atom is 0.335 e. The third-order valence-electron chi connectivity index (χ3n) is 3.75. The number of nitrogens with one attached hydrogen (secondary N) is 1. The SMILES string of the molecule is O=C(O)c1ccc2c(NCCC3CCOC3)ncnc2c1. The van der Waals surface area contributed by atoms with E-state index in [0.29, 0.717) is 11.4 Å². The van der Waals surface area contributed by atoms with Crippen molar-refractivity contribution in [3.63, 3.8) is 0 Å². The number of hydrogen-bond donors (Lipinski definition) is 2. The second-order valence-corrected chi connectivity index (χ2v) is 5.20. The van der Waals surface area contributed by atoms with Gasteiger partial charge in [0.25, 0.3) is 0 Å². The number of aromatic nitrogens is 2. The molecule has 1 aromatic heterocycles. The normalized spacial score (nSPS) is 18.0. The monoisotopic (exact) mass is 287 g/mol. The molecular weight excluding hydrogens is 270 g/mol. The first-order chi connectivity index (χ1) is 10.2. The fourth-order valence-corrected chi connectivity index (χ4v) is 2.54. The lowest BCUT2D eigenvalue weighted by Gasteiger charge is -2.11. The summed E-state index contributed by atoms with van der Waals surface area (Å²) in [6.07, 6.45) is 3.61. The third-order valence-corrected chi connectivity index (χ3v) is 3.75. The van der Waals surface area contributed by atoms with Gasteiger partial charge in [0.2, 0.25) is 0 Å². The van der Waals surface area contributed by atoms with Gasteiger partial charge < -0.3 is 15.2 Å². The number of carboxylic acid groups (broad SMARTS) is 1. The van der Waals surface area contributed by atoms with Crippen molar-refractivity contribution in [1.29, 1.82) is 0 Å². The minimum absolute atomic E-state index is 0.232. The van der Waals surface area contributed by atoms with Crippen LogP contribution in [0.1, 0.15) is 23.2 Å². The topological polar surface area (TPSA) is 84.3 Å². The molecule has 1 fully saturated rings. The van der Waals surface area contributed by atoms with Crippen molar-refractivity contribution in [1.82, 2.24) is 9.97 Å². The van der Waals surface area contributed by atoms with Gasteiger partial charge in [-0.15, -0.1) is 0 Å². The molecular formula is C15H17N3O3. The number of aromatic carboxylic acids is 1. The van der Waals surface area contributed by atoms with E-state index in [9.17, 15) is 4.79 Å². The molecule has 1 atom stereocenters. The van der Waals surface area contributed by atoms with Crippen molar-refractivity contribution >= 4 is 22.7 Å². The maximum atomic E-state index is 11.0. The van der Waals surface area contributed by atoms with E-state index in [4.69, 9.17) is 9.84 Å². The van der Waals surface area contributed by atoms with Crippen molar-refractivity contribution in [2.45, 2.75) is 12.8 Å². The average Bonchev–Trinajstić information content (AvgIpc) is 3.00. The Labute approximate surface area is 122 Å². The molecule has 2 N–H and O–H groups in total. The number of carbonyl (C=O) groups is 1. The van der Waals surface area contributed by atoms with Crippen molar-refractivity contribution in [2.75, 3.05) is 25.1 Å². The standard InChI is InChI=1S/C15H17N3O3/c19-15(20)11-1-2-12-13(7-11)17-9-18-14(12)16-5-3-10-4-6-21-8-10/h1-2,7,9-10H,3-6,8H2,(H,19,20)(H,16,17,18). The highest BCUT2D eigenvalue weighted by Crippen LogP contribution is 2.21. The summed E-state index contributed by atoms with van der Waals surface area (Å²) in [6.45, 7) is 2.52. The zero-order valence-electron chi connectivity index (χ0n) is 11.6. The first-order valence-electron chi connectivity index (χ1n) is 7.04. The highest BCUT2D eigenvalue weighted by Gasteiger charge is 2.15. The zero-order valence-corrected chi connectivity index (χ0v) is 11.6.